The van der Waals surface area contributed by atoms with Crippen molar-refractivity contribution >= 4 is 23.3 Å². The Bertz CT molecular complexity index is 748. The number of halogens is 1. The van der Waals surface area contributed by atoms with Gasteiger partial charge in [-0.2, -0.15) is 0 Å². The normalized spacial score (nSPS) is 10.2. The molecule has 0 fully saturated rings. The van der Waals surface area contributed by atoms with E-state index in [1.165, 1.54) is 26.4 Å². The number of benzene rings is 2. The van der Waals surface area contributed by atoms with Crippen LogP contribution in [-0.2, 0) is 6.54 Å². The van der Waals surface area contributed by atoms with Gasteiger partial charge in [-0.05, 0) is 29.8 Å². The fourth-order valence-electron chi connectivity index (χ4n) is 2.20. The second-order valence-electron chi connectivity index (χ2n) is 4.87. The Kier molecular flexibility index (Phi) is 5.76. The summed E-state index contributed by atoms with van der Waals surface area (Å²) in [7, 11) is 4.60. The summed E-state index contributed by atoms with van der Waals surface area (Å²) >= 11 is 6.26. The van der Waals surface area contributed by atoms with Crippen LogP contribution in [0.2, 0.25) is 5.02 Å². The molecule has 7 heteroatoms. The first-order valence-electron chi connectivity index (χ1n) is 7.05. The Morgan fingerprint density at radius 2 is 1.67 bits per heavy atom. The summed E-state index contributed by atoms with van der Waals surface area (Å²) < 4.78 is 15.7. The molecule has 24 heavy (non-hydrogen) atoms. The quantitative estimate of drug-likeness (QED) is 0.792. The summed E-state index contributed by atoms with van der Waals surface area (Å²) in [6, 6.07) is 8.03. The zero-order valence-corrected chi connectivity index (χ0v) is 14.3. The number of carboxylic acid groups (broad SMARTS) is 1. The molecule has 0 aliphatic heterocycles. The average molecular weight is 352 g/mol. The van der Waals surface area contributed by atoms with Crippen LogP contribution in [0.1, 0.15) is 15.9 Å². The molecule has 0 unspecified atom stereocenters. The van der Waals surface area contributed by atoms with E-state index in [4.69, 9.17) is 30.9 Å². The number of hydrogen-bond donors (Lipinski definition) is 2. The third kappa shape index (κ3) is 3.83. The second kappa shape index (κ2) is 7.79. The lowest BCUT2D eigenvalue weighted by Crippen LogP contribution is -2.05. The molecule has 0 spiro atoms. The van der Waals surface area contributed by atoms with Gasteiger partial charge in [-0.25, -0.2) is 4.79 Å². The molecule has 6 nitrogen and oxygen atoms in total. The van der Waals surface area contributed by atoms with E-state index in [2.05, 4.69) is 5.32 Å². The minimum absolute atomic E-state index is 0.164. The number of ether oxygens (including phenoxy) is 3. The van der Waals surface area contributed by atoms with Gasteiger partial charge in [-0.15, -0.1) is 0 Å². The zero-order chi connectivity index (χ0) is 17.7. The van der Waals surface area contributed by atoms with Crippen LogP contribution in [0.3, 0.4) is 0 Å². The number of hydrogen-bond acceptors (Lipinski definition) is 5. The lowest BCUT2D eigenvalue weighted by Gasteiger charge is -2.15. The van der Waals surface area contributed by atoms with Crippen LogP contribution in [0, 0.1) is 0 Å². The predicted molar refractivity (Wildman–Crippen MR) is 91.8 cm³/mol. The van der Waals surface area contributed by atoms with Gasteiger partial charge >= 0.3 is 5.97 Å². The van der Waals surface area contributed by atoms with Crippen LogP contribution >= 0.6 is 11.6 Å². The van der Waals surface area contributed by atoms with Crippen LogP contribution in [-0.4, -0.2) is 32.4 Å². The third-order valence-electron chi connectivity index (χ3n) is 3.47. The van der Waals surface area contributed by atoms with Crippen molar-refractivity contribution in [3.05, 3.63) is 46.5 Å². The number of rotatable bonds is 7. The fraction of sp³-hybridized carbons (Fsp3) is 0.235. The summed E-state index contributed by atoms with van der Waals surface area (Å²) in [4.78, 5) is 11.1. The lowest BCUT2D eigenvalue weighted by atomic mass is 10.1. The molecule has 0 amide bonds. The molecule has 128 valence electrons. The number of carboxylic acids is 1. The smallest absolute Gasteiger partial charge is 0.335 e. The molecule has 2 rings (SSSR count). The first-order chi connectivity index (χ1) is 11.5. The molecule has 0 heterocycles. The van der Waals surface area contributed by atoms with Crippen molar-refractivity contribution in [2.24, 2.45) is 0 Å². The van der Waals surface area contributed by atoms with Gasteiger partial charge in [0.25, 0.3) is 0 Å². The van der Waals surface area contributed by atoms with Gasteiger partial charge in [0.15, 0.2) is 11.5 Å². The maximum absolute atomic E-state index is 11.1. The standard InChI is InChI=1S/C17H18ClNO5/c1-22-14-5-4-10(17(20)21)6-13(14)19-9-11-7-15(23-2)16(24-3)8-12(11)18/h4-8,19H,9H2,1-3H3,(H,20,21). The summed E-state index contributed by atoms with van der Waals surface area (Å²) in [5.41, 5.74) is 1.50. The Morgan fingerprint density at radius 3 is 2.25 bits per heavy atom. The summed E-state index contributed by atoms with van der Waals surface area (Å²) in [5, 5.41) is 12.8. The molecular formula is C17H18ClNO5. The fourth-order valence-corrected chi connectivity index (χ4v) is 2.42. The Labute approximate surface area is 144 Å². The van der Waals surface area contributed by atoms with Crippen LogP contribution in [0.25, 0.3) is 0 Å². The van der Waals surface area contributed by atoms with Gasteiger partial charge in [0.1, 0.15) is 5.75 Å². The molecule has 2 N–H and O–H groups in total. The van der Waals surface area contributed by atoms with Crippen molar-refractivity contribution < 1.29 is 24.1 Å². The highest BCUT2D eigenvalue weighted by molar-refractivity contribution is 6.31. The van der Waals surface area contributed by atoms with Crippen molar-refractivity contribution in [1.29, 1.82) is 0 Å². The molecule has 0 radical (unpaired) electrons. The average Bonchev–Trinajstić information content (AvgIpc) is 2.59. The van der Waals surface area contributed by atoms with Crippen LogP contribution in [0.15, 0.2) is 30.3 Å². The summed E-state index contributed by atoms with van der Waals surface area (Å²) in [6.45, 7) is 0.360. The minimum Gasteiger partial charge on any atom is -0.495 e. The van der Waals surface area contributed by atoms with Crippen LogP contribution < -0.4 is 19.5 Å². The van der Waals surface area contributed by atoms with Gasteiger partial charge in [0, 0.05) is 17.6 Å². The molecule has 2 aromatic rings. The predicted octanol–water partition coefficient (Wildman–Crippen LogP) is 3.68. The number of anilines is 1. The van der Waals surface area contributed by atoms with E-state index in [0.717, 1.165) is 5.56 Å². The van der Waals surface area contributed by atoms with E-state index in [9.17, 15) is 4.79 Å². The first kappa shape index (κ1) is 17.7. The number of nitrogens with one attached hydrogen (secondary N) is 1. The zero-order valence-electron chi connectivity index (χ0n) is 13.6. The monoisotopic (exact) mass is 351 g/mol. The Hall–Kier alpha value is -2.60. The molecule has 2 aromatic carbocycles. The van der Waals surface area contributed by atoms with Crippen LogP contribution in [0.4, 0.5) is 5.69 Å². The third-order valence-corrected chi connectivity index (χ3v) is 3.82. The number of methoxy groups -OCH3 is 3. The van der Waals surface area contributed by atoms with Gasteiger partial charge in [0.2, 0.25) is 0 Å². The van der Waals surface area contributed by atoms with Gasteiger partial charge in [0.05, 0.1) is 32.6 Å². The lowest BCUT2D eigenvalue weighted by molar-refractivity contribution is 0.0697. The van der Waals surface area contributed by atoms with Crippen molar-refractivity contribution in [2.75, 3.05) is 26.6 Å². The highest BCUT2D eigenvalue weighted by atomic mass is 35.5. The van der Waals surface area contributed by atoms with E-state index in [-0.39, 0.29) is 5.56 Å². The topological polar surface area (TPSA) is 77.0 Å². The van der Waals surface area contributed by atoms with Crippen molar-refractivity contribution in [1.82, 2.24) is 0 Å². The maximum Gasteiger partial charge on any atom is 0.335 e. The number of aromatic carboxylic acids is 1. The molecule has 0 atom stereocenters. The van der Waals surface area contributed by atoms with Gasteiger partial charge in [-0.3, -0.25) is 0 Å². The SMILES string of the molecule is COc1ccc(C(=O)O)cc1NCc1cc(OC)c(OC)cc1Cl. The molecule has 0 aliphatic carbocycles. The first-order valence-corrected chi connectivity index (χ1v) is 7.43. The molecular weight excluding hydrogens is 334 g/mol. The van der Waals surface area contributed by atoms with E-state index in [0.29, 0.717) is 34.5 Å². The number of carbonyl (C=O) groups is 1. The molecule has 0 saturated heterocycles. The molecule has 0 saturated carbocycles. The van der Waals surface area contributed by atoms with Crippen molar-refractivity contribution in [3.63, 3.8) is 0 Å². The van der Waals surface area contributed by atoms with Crippen molar-refractivity contribution in [2.45, 2.75) is 6.54 Å². The molecule has 0 bridgehead atoms. The summed E-state index contributed by atoms with van der Waals surface area (Å²) in [6.07, 6.45) is 0. The van der Waals surface area contributed by atoms with Crippen LogP contribution in [0.5, 0.6) is 17.2 Å². The summed E-state index contributed by atoms with van der Waals surface area (Å²) in [5.74, 6) is 0.628. The highest BCUT2D eigenvalue weighted by Crippen LogP contribution is 2.34. The minimum atomic E-state index is -1.01. The second-order valence-corrected chi connectivity index (χ2v) is 5.28. The highest BCUT2D eigenvalue weighted by Gasteiger charge is 2.12. The van der Waals surface area contributed by atoms with E-state index in [1.807, 2.05) is 0 Å². The van der Waals surface area contributed by atoms with Crippen molar-refractivity contribution in [3.8, 4) is 17.2 Å². The van der Waals surface area contributed by atoms with Gasteiger partial charge in [-0.1, -0.05) is 11.6 Å². The largest absolute Gasteiger partial charge is 0.495 e. The van der Waals surface area contributed by atoms with Gasteiger partial charge < -0.3 is 24.6 Å². The molecule has 0 aliphatic rings. The van der Waals surface area contributed by atoms with E-state index >= 15 is 0 Å². The Morgan fingerprint density at radius 1 is 1.04 bits per heavy atom. The Balaban J connectivity index is 2.27. The van der Waals surface area contributed by atoms with E-state index in [1.54, 1.807) is 25.3 Å². The maximum atomic E-state index is 11.1. The van der Waals surface area contributed by atoms with E-state index < -0.39 is 5.97 Å². The molecule has 0 aromatic heterocycles.